The Hall–Kier alpha value is -1.80. The fourth-order valence-electron chi connectivity index (χ4n) is 4.01. The molecule has 1 aliphatic rings. The highest BCUT2D eigenvalue weighted by molar-refractivity contribution is 5.30. The highest BCUT2D eigenvalue weighted by Crippen LogP contribution is 2.33. The summed E-state index contributed by atoms with van der Waals surface area (Å²) in [7, 11) is 1.73. The first-order valence-corrected chi connectivity index (χ1v) is 9.78. The summed E-state index contributed by atoms with van der Waals surface area (Å²) >= 11 is 0. The standard InChI is InChI=1S/C23H31NO/c1-25-21-16-14-20(15-17-21)22-12-5-6-13-23(22)24-18-8-7-11-19-9-3-2-4-10-19/h2-4,9-10,14-17,22-24H,5-8,11-13,18H2,1H3. The first kappa shape index (κ1) is 18.0. The molecular weight excluding hydrogens is 306 g/mol. The second kappa shape index (κ2) is 9.62. The zero-order valence-corrected chi connectivity index (χ0v) is 15.4. The fraction of sp³-hybridized carbons (Fsp3) is 0.478. The number of aryl methyl sites for hydroxylation is 1. The summed E-state index contributed by atoms with van der Waals surface area (Å²) in [6, 6.07) is 20.1. The van der Waals surface area contributed by atoms with E-state index in [0.29, 0.717) is 12.0 Å². The van der Waals surface area contributed by atoms with Crippen molar-refractivity contribution in [3.8, 4) is 5.75 Å². The van der Waals surface area contributed by atoms with E-state index in [2.05, 4.69) is 59.9 Å². The first-order valence-electron chi connectivity index (χ1n) is 9.78. The van der Waals surface area contributed by atoms with E-state index in [1.54, 1.807) is 7.11 Å². The Bertz CT molecular complexity index is 608. The molecule has 134 valence electrons. The van der Waals surface area contributed by atoms with Crippen LogP contribution >= 0.6 is 0 Å². The molecular formula is C23H31NO. The highest BCUT2D eigenvalue weighted by Gasteiger charge is 2.25. The molecule has 3 rings (SSSR count). The quantitative estimate of drug-likeness (QED) is 0.657. The van der Waals surface area contributed by atoms with Gasteiger partial charge in [0.25, 0.3) is 0 Å². The van der Waals surface area contributed by atoms with Crippen molar-refractivity contribution in [2.24, 2.45) is 0 Å². The molecule has 0 aromatic heterocycles. The number of nitrogens with one attached hydrogen (secondary N) is 1. The molecule has 0 aliphatic heterocycles. The van der Waals surface area contributed by atoms with Crippen LogP contribution in [0, 0.1) is 0 Å². The lowest BCUT2D eigenvalue weighted by atomic mass is 9.80. The predicted octanol–water partition coefficient (Wildman–Crippen LogP) is 5.33. The molecule has 2 atom stereocenters. The number of ether oxygens (including phenoxy) is 1. The van der Waals surface area contributed by atoms with E-state index in [-0.39, 0.29) is 0 Å². The number of hydrogen-bond acceptors (Lipinski definition) is 2. The van der Waals surface area contributed by atoms with Gasteiger partial charge in [0, 0.05) is 6.04 Å². The summed E-state index contributed by atoms with van der Waals surface area (Å²) in [6.45, 7) is 1.13. The van der Waals surface area contributed by atoms with Crippen LogP contribution in [0.25, 0.3) is 0 Å². The molecule has 0 saturated heterocycles. The molecule has 1 aliphatic carbocycles. The van der Waals surface area contributed by atoms with E-state index in [1.165, 1.54) is 56.1 Å². The molecule has 2 aromatic carbocycles. The molecule has 2 nitrogen and oxygen atoms in total. The van der Waals surface area contributed by atoms with Crippen molar-refractivity contribution in [1.29, 1.82) is 0 Å². The lowest BCUT2D eigenvalue weighted by Crippen LogP contribution is -2.37. The van der Waals surface area contributed by atoms with Gasteiger partial charge in [-0.25, -0.2) is 0 Å². The second-order valence-electron chi connectivity index (χ2n) is 7.17. The van der Waals surface area contributed by atoms with Crippen molar-refractivity contribution in [1.82, 2.24) is 5.32 Å². The maximum atomic E-state index is 5.30. The Labute approximate surface area is 152 Å². The van der Waals surface area contributed by atoms with Crippen LogP contribution in [0.1, 0.15) is 55.6 Å². The number of methoxy groups -OCH3 is 1. The van der Waals surface area contributed by atoms with E-state index in [0.717, 1.165) is 12.3 Å². The van der Waals surface area contributed by atoms with Gasteiger partial charge in [0.2, 0.25) is 0 Å². The first-order chi connectivity index (χ1) is 12.4. The molecule has 1 fully saturated rings. The summed E-state index contributed by atoms with van der Waals surface area (Å²) in [5, 5.41) is 3.85. The van der Waals surface area contributed by atoms with Crippen LogP contribution in [-0.2, 0) is 6.42 Å². The van der Waals surface area contributed by atoms with Gasteiger partial charge >= 0.3 is 0 Å². The molecule has 2 heteroatoms. The third-order valence-electron chi connectivity index (χ3n) is 5.45. The molecule has 2 unspecified atom stereocenters. The minimum absolute atomic E-state index is 0.624. The Morgan fingerprint density at radius 2 is 1.68 bits per heavy atom. The smallest absolute Gasteiger partial charge is 0.118 e. The van der Waals surface area contributed by atoms with Crippen LogP contribution in [0.3, 0.4) is 0 Å². The van der Waals surface area contributed by atoms with E-state index >= 15 is 0 Å². The maximum Gasteiger partial charge on any atom is 0.118 e. The minimum atomic E-state index is 0.624. The van der Waals surface area contributed by atoms with Gasteiger partial charge < -0.3 is 10.1 Å². The molecule has 1 N–H and O–H groups in total. The van der Waals surface area contributed by atoms with Gasteiger partial charge in [0.15, 0.2) is 0 Å². The lowest BCUT2D eigenvalue weighted by molar-refractivity contribution is 0.325. The number of benzene rings is 2. The lowest BCUT2D eigenvalue weighted by Gasteiger charge is -2.33. The van der Waals surface area contributed by atoms with Crippen molar-refractivity contribution in [3.05, 3.63) is 65.7 Å². The monoisotopic (exact) mass is 337 g/mol. The minimum Gasteiger partial charge on any atom is -0.497 e. The van der Waals surface area contributed by atoms with Gasteiger partial charge in [-0.1, -0.05) is 55.3 Å². The van der Waals surface area contributed by atoms with Crippen LogP contribution in [0.4, 0.5) is 0 Å². The van der Waals surface area contributed by atoms with Crippen LogP contribution in [0.2, 0.25) is 0 Å². The van der Waals surface area contributed by atoms with Gasteiger partial charge in [-0.2, -0.15) is 0 Å². The number of rotatable bonds is 8. The largest absolute Gasteiger partial charge is 0.497 e. The third-order valence-corrected chi connectivity index (χ3v) is 5.45. The molecule has 0 radical (unpaired) electrons. The van der Waals surface area contributed by atoms with Crippen LogP contribution in [0.15, 0.2) is 54.6 Å². The van der Waals surface area contributed by atoms with Gasteiger partial charge in [-0.05, 0) is 67.8 Å². The van der Waals surface area contributed by atoms with E-state index < -0.39 is 0 Å². The summed E-state index contributed by atoms with van der Waals surface area (Å²) in [5.41, 5.74) is 2.92. The zero-order valence-electron chi connectivity index (χ0n) is 15.4. The van der Waals surface area contributed by atoms with Crippen molar-refractivity contribution < 1.29 is 4.74 Å². The van der Waals surface area contributed by atoms with Crippen LogP contribution in [0.5, 0.6) is 5.75 Å². The van der Waals surface area contributed by atoms with Gasteiger partial charge in [0.05, 0.1) is 7.11 Å². The summed E-state index contributed by atoms with van der Waals surface area (Å²) in [4.78, 5) is 0. The Morgan fingerprint density at radius 3 is 2.44 bits per heavy atom. The molecule has 0 amide bonds. The molecule has 0 bridgehead atoms. The molecule has 25 heavy (non-hydrogen) atoms. The fourth-order valence-corrected chi connectivity index (χ4v) is 4.01. The van der Waals surface area contributed by atoms with Gasteiger partial charge in [-0.3, -0.25) is 0 Å². The van der Waals surface area contributed by atoms with Crippen LogP contribution < -0.4 is 10.1 Å². The average molecular weight is 338 g/mol. The molecule has 1 saturated carbocycles. The Balaban J connectivity index is 1.46. The Kier molecular flexibility index (Phi) is 6.93. The number of hydrogen-bond donors (Lipinski definition) is 1. The Morgan fingerprint density at radius 1 is 0.920 bits per heavy atom. The van der Waals surface area contributed by atoms with Crippen molar-refractivity contribution in [2.45, 2.75) is 56.9 Å². The normalized spacial score (nSPS) is 20.4. The molecule has 0 heterocycles. The van der Waals surface area contributed by atoms with Crippen molar-refractivity contribution >= 4 is 0 Å². The number of unbranched alkanes of at least 4 members (excludes halogenated alkanes) is 1. The highest BCUT2D eigenvalue weighted by atomic mass is 16.5. The average Bonchev–Trinajstić information content (AvgIpc) is 2.69. The summed E-state index contributed by atoms with van der Waals surface area (Å²) < 4.78 is 5.30. The van der Waals surface area contributed by atoms with Crippen molar-refractivity contribution in [2.75, 3.05) is 13.7 Å². The van der Waals surface area contributed by atoms with Crippen LogP contribution in [-0.4, -0.2) is 19.7 Å². The predicted molar refractivity (Wildman–Crippen MR) is 105 cm³/mol. The van der Waals surface area contributed by atoms with E-state index in [1.807, 2.05) is 0 Å². The van der Waals surface area contributed by atoms with Gasteiger partial charge in [0.1, 0.15) is 5.75 Å². The zero-order chi connectivity index (χ0) is 17.3. The molecule has 0 spiro atoms. The maximum absolute atomic E-state index is 5.30. The SMILES string of the molecule is COc1ccc(C2CCCCC2NCCCCc2ccccc2)cc1. The third kappa shape index (κ3) is 5.34. The van der Waals surface area contributed by atoms with E-state index in [4.69, 9.17) is 4.74 Å². The summed E-state index contributed by atoms with van der Waals surface area (Å²) in [5.74, 6) is 1.60. The van der Waals surface area contributed by atoms with E-state index in [9.17, 15) is 0 Å². The second-order valence-corrected chi connectivity index (χ2v) is 7.17. The summed E-state index contributed by atoms with van der Waals surface area (Å²) in [6.07, 6.45) is 9.01. The topological polar surface area (TPSA) is 21.3 Å². The van der Waals surface area contributed by atoms with Gasteiger partial charge in [-0.15, -0.1) is 0 Å². The van der Waals surface area contributed by atoms with Crippen molar-refractivity contribution in [3.63, 3.8) is 0 Å². The molecule has 2 aromatic rings.